The quantitative estimate of drug-likeness (QED) is 0.611. The number of hydrogen-bond acceptors (Lipinski definition) is 4. The fourth-order valence-electron chi connectivity index (χ4n) is 3.81. The van der Waals surface area contributed by atoms with E-state index in [1.165, 1.54) is 4.88 Å². The molecule has 0 radical (unpaired) electrons. The van der Waals surface area contributed by atoms with Crippen LogP contribution in [0.15, 0.2) is 17.5 Å². The van der Waals surface area contributed by atoms with Crippen molar-refractivity contribution in [3.05, 3.63) is 22.4 Å². The van der Waals surface area contributed by atoms with Crippen molar-refractivity contribution in [2.24, 2.45) is 5.92 Å². The monoisotopic (exact) mass is 395 g/mol. The molecule has 0 aromatic carbocycles. The van der Waals surface area contributed by atoms with Gasteiger partial charge in [0.25, 0.3) is 0 Å². The molecule has 2 atom stereocenters. The average Bonchev–Trinajstić information content (AvgIpc) is 3.33. The third-order valence-electron chi connectivity index (χ3n) is 5.22. The molecule has 1 saturated heterocycles. The SMILES string of the molecule is CCN(CC)C(CNC(=O)N(Cc1cccs1)CC1CCCO1)CC(C)C. The Morgan fingerprint density at radius 2 is 2.15 bits per heavy atom. The molecule has 154 valence electrons. The standard InChI is InChI=1S/C21H37N3O2S/c1-5-23(6-2)18(13-17(3)4)14-22-21(25)24(15-19-9-7-11-26-19)16-20-10-8-12-27-20/h8,10,12,17-19H,5-7,9,11,13-16H2,1-4H3,(H,22,25). The maximum absolute atomic E-state index is 13.0. The lowest BCUT2D eigenvalue weighted by Crippen LogP contribution is -2.49. The molecule has 1 N–H and O–H groups in total. The number of amides is 2. The molecule has 1 aliphatic rings. The third kappa shape index (κ3) is 7.43. The number of likely N-dealkylation sites (N-methyl/N-ethyl adjacent to an activating group) is 1. The van der Waals surface area contributed by atoms with E-state index < -0.39 is 0 Å². The lowest BCUT2D eigenvalue weighted by molar-refractivity contribution is 0.0790. The van der Waals surface area contributed by atoms with Gasteiger partial charge in [0.2, 0.25) is 0 Å². The molecule has 6 heteroatoms. The number of hydrogen-bond donors (Lipinski definition) is 1. The number of nitrogens with zero attached hydrogens (tertiary/aromatic N) is 2. The number of carbonyl (C=O) groups excluding carboxylic acids is 1. The van der Waals surface area contributed by atoms with Gasteiger partial charge in [0.15, 0.2) is 0 Å². The summed E-state index contributed by atoms with van der Waals surface area (Å²) in [5, 5.41) is 5.28. The number of nitrogens with one attached hydrogen (secondary N) is 1. The smallest absolute Gasteiger partial charge is 0.317 e. The first-order valence-electron chi connectivity index (χ1n) is 10.4. The summed E-state index contributed by atoms with van der Waals surface area (Å²) in [5.41, 5.74) is 0. The Hall–Kier alpha value is -1.11. The lowest BCUT2D eigenvalue weighted by atomic mass is 10.0. The van der Waals surface area contributed by atoms with E-state index in [1.807, 2.05) is 11.0 Å². The summed E-state index contributed by atoms with van der Waals surface area (Å²) < 4.78 is 5.78. The van der Waals surface area contributed by atoms with Crippen LogP contribution < -0.4 is 5.32 Å². The van der Waals surface area contributed by atoms with Gasteiger partial charge in [0.05, 0.1) is 12.6 Å². The number of thiophene rings is 1. The molecule has 0 spiro atoms. The first kappa shape index (κ1) is 22.2. The summed E-state index contributed by atoms with van der Waals surface area (Å²) >= 11 is 1.70. The Balaban J connectivity index is 1.97. The van der Waals surface area contributed by atoms with E-state index in [1.54, 1.807) is 11.3 Å². The second-order valence-corrected chi connectivity index (χ2v) is 8.82. The second kappa shape index (κ2) is 11.7. The van der Waals surface area contributed by atoms with Crippen LogP contribution in [0.1, 0.15) is 51.8 Å². The van der Waals surface area contributed by atoms with E-state index in [2.05, 4.69) is 49.4 Å². The summed E-state index contributed by atoms with van der Waals surface area (Å²) in [4.78, 5) is 18.6. The van der Waals surface area contributed by atoms with Crippen molar-refractivity contribution in [3.8, 4) is 0 Å². The molecule has 1 fully saturated rings. The number of rotatable bonds is 11. The molecule has 1 aliphatic heterocycles. The van der Waals surface area contributed by atoms with Crippen LogP contribution in [0.2, 0.25) is 0 Å². The highest BCUT2D eigenvalue weighted by Gasteiger charge is 2.24. The average molecular weight is 396 g/mol. The van der Waals surface area contributed by atoms with Gasteiger partial charge >= 0.3 is 6.03 Å². The maximum Gasteiger partial charge on any atom is 0.317 e. The largest absolute Gasteiger partial charge is 0.376 e. The van der Waals surface area contributed by atoms with Crippen molar-refractivity contribution in [2.45, 2.75) is 65.6 Å². The van der Waals surface area contributed by atoms with Gasteiger partial charge in [-0.1, -0.05) is 33.8 Å². The summed E-state index contributed by atoms with van der Waals surface area (Å²) in [6.07, 6.45) is 3.41. The van der Waals surface area contributed by atoms with Crippen molar-refractivity contribution in [1.29, 1.82) is 0 Å². The van der Waals surface area contributed by atoms with Gasteiger partial charge in [-0.2, -0.15) is 0 Å². The molecule has 2 rings (SSSR count). The molecule has 2 amide bonds. The first-order valence-corrected chi connectivity index (χ1v) is 11.3. The van der Waals surface area contributed by atoms with Crippen LogP contribution in [-0.2, 0) is 11.3 Å². The summed E-state index contributed by atoms with van der Waals surface area (Å²) in [6, 6.07) is 4.55. The van der Waals surface area contributed by atoms with Gasteiger partial charge in [-0.25, -0.2) is 4.79 Å². The van der Waals surface area contributed by atoms with Gasteiger partial charge in [0.1, 0.15) is 0 Å². The van der Waals surface area contributed by atoms with Gasteiger partial charge < -0.3 is 15.0 Å². The maximum atomic E-state index is 13.0. The predicted octanol–water partition coefficient (Wildman–Crippen LogP) is 4.20. The summed E-state index contributed by atoms with van der Waals surface area (Å²) in [6.45, 7) is 13.8. The molecular weight excluding hydrogens is 358 g/mol. The lowest BCUT2D eigenvalue weighted by Gasteiger charge is -2.32. The zero-order chi connectivity index (χ0) is 19.6. The zero-order valence-corrected chi connectivity index (χ0v) is 18.3. The minimum absolute atomic E-state index is 0.0276. The van der Waals surface area contributed by atoms with E-state index in [9.17, 15) is 4.79 Å². The molecule has 2 unspecified atom stereocenters. The molecule has 0 saturated carbocycles. The van der Waals surface area contributed by atoms with E-state index in [-0.39, 0.29) is 12.1 Å². The minimum Gasteiger partial charge on any atom is -0.376 e. The number of ether oxygens (including phenoxy) is 1. The topological polar surface area (TPSA) is 44.8 Å². The van der Waals surface area contributed by atoms with Crippen molar-refractivity contribution >= 4 is 17.4 Å². The van der Waals surface area contributed by atoms with Gasteiger partial charge in [-0.15, -0.1) is 11.3 Å². The van der Waals surface area contributed by atoms with Gasteiger partial charge in [0, 0.05) is 30.6 Å². The number of carbonyl (C=O) groups is 1. The molecule has 1 aromatic rings. The minimum atomic E-state index is 0.0276. The van der Waals surface area contributed by atoms with Crippen molar-refractivity contribution in [2.75, 3.05) is 32.8 Å². The molecule has 0 aliphatic carbocycles. The van der Waals surface area contributed by atoms with E-state index >= 15 is 0 Å². The molecule has 1 aromatic heterocycles. The van der Waals surface area contributed by atoms with Crippen LogP contribution >= 0.6 is 11.3 Å². The zero-order valence-electron chi connectivity index (χ0n) is 17.4. The van der Waals surface area contributed by atoms with Crippen LogP contribution in [-0.4, -0.2) is 60.8 Å². The highest BCUT2D eigenvalue weighted by atomic mass is 32.1. The Morgan fingerprint density at radius 1 is 1.37 bits per heavy atom. The fraction of sp³-hybridized carbons (Fsp3) is 0.762. The first-order chi connectivity index (χ1) is 13.0. The van der Waals surface area contributed by atoms with E-state index in [4.69, 9.17) is 4.74 Å². The number of urea groups is 1. The highest BCUT2D eigenvalue weighted by Crippen LogP contribution is 2.18. The molecule has 5 nitrogen and oxygen atoms in total. The summed E-state index contributed by atoms with van der Waals surface area (Å²) in [7, 11) is 0. The normalized spacial score (nSPS) is 18.2. The van der Waals surface area contributed by atoms with Crippen LogP contribution in [0.3, 0.4) is 0 Å². The van der Waals surface area contributed by atoms with Crippen LogP contribution in [0.4, 0.5) is 4.79 Å². The van der Waals surface area contributed by atoms with Crippen molar-refractivity contribution in [1.82, 2.24) is 15.1 Å². The molecule has 0 bridgehead atoms. The van der Waals surface area contributed by atoms with E-state index in [0.29, 0.717) is 31.6 Å². The third-order valence-corrected chi connectivity index (χ3v) is 6.08. The second-order valence-electron chi connectivity index (χ2n) is 7.79. The van der Waals surface area contributed by atoms with Gasteiger partial charge in [-0.3, -0.25) is 4.90 Å². The van der Waals surface area contributed by atoms with Crippen LogP contribution in [0, 0.1) is 5.92 Å². The van der Waals surface area contributed by atoms with Crippen molar-refractivity contribution in [3.63, 3.8) is 0 Å². The summed E-state index contributed by atoms with van der Waals surface area (Å²) in [5.74, 6) is 0.613. The van der Waals surface area contributed by atoms with Crippen molar-refractivity contribution < 1.29 is 9.53 Å². The fourth-order valence-corrected chi connectivity index (χ4v) is 4.53. The van der Waals surface area contributed by atoms with Gasteiger partial charge in [-0.05, 0) is 49.7 Å². The Kier molecular flexibility index (Phi) is 9.59. The predicted molar refractivity (Wildman–Crippen MR) is 113 cm³/mol. The molecule has 27 heavy (non-hydrogen) atoms. The Bertz CT molecular complexity index is 526. The molecular formula is C21H37N3O2S. The van der Waals surface area contributed by atoms with E-state index in [0.717, 1.165) is 39.0 Å². The Morgan fingerprint density at radius 3 is 2.70 bits per heavy atom. The van der Waals surface area contributed by atoms with Crippen LogP contribution in [0.25, 0.3) is 0 Å². The molecule has 2 heterocycles. The highest BCUT2D eigenvalue weighted by molar-refractivity contribution is 7.09. The Labute approximate surface area is 169 Å². The van der Waals surface area contributed by atoms with Crippen LogP contribution in [0.5, 0.6) is 0 Å².